The summed E-state index contributed by atoms with van der Waals surface area (Å²) in [5, 5.41) is 15.9. The van der Waals surface area contributed by atoms with E-state index in [0.29, 0.717) is 16.5 Å². The number of halogens is 1. The Morgan fingerprint density at radius 1 is 1.10 bits per heavy atom. The second kappa shape index (κ2) is 9.36. The molecule has 0 spiro atoms. The summed E-state index contributed by atoms with van der Waals surface area (Å²) in [6.45, 7) is 5.21. The first-order chi connectivity index (χ1) is 14.6. The first kappa shape index (κ1) is 20.5. The highest BCUT2D eigenvalue weighted by atomic mass is 35.5. The Hall–Kier alpha value is -2.77. The van der Waals surface area contributed by atoms with Crippen LogP contribution in [0.4, 0.5) is 5.69 Å². The summed E-state index contributed by atoms with van der Waals surface area (Å²) < 4.78 is 0. The third-order valence-electron chi connectivity index (χ3n) is 5.28. The molecule has 0 radical (unpaired) electrons. The predicted molar refractivity (Wildman–Crippen MR) is 117 cm³/mol. The molecule has 1 aromatic heterocycles. The highest BCUT2D eigenvalue weighted by Gasteiger charge is 2.13. The molecule has 0 bridgehead atoms. The average molecular weight is 425 g/mol. The summed E-state index contributed by atoms with van der Waals surface area (Å²) in [5.74, 6) is 0.271. The molecule has 1 amide bonds. The number of benzene rings is 2. The Morgan fingerprint density at radius 2 is 1.87 bits per heavy atom. The summed E-state index contributed by atoms with van der Waals surface area (Å²) in [6.07, 6.45) is 3.92. The highest BCUT2D eigenvalue weighted by molar-refractivity contribution is 6.31. The van der Waals surface area contributed by atoms with Crippen LogP contribution in [0.1, 0.15) is 30.4 Å². The van der Waals surface area contributed by atoms with Gasteiger partial charge < -0.3 is 5.32 Å². The van der Waals surface area contributed by atoms with Gasteiger partial charge in [-0.2, -0.15) is 4.80 Å². The number of nitrogens with zero attached hydrogens (tertiary/aromatic N) is 5. The number of tetrazole rings is 1. The van der Waals surface area contributed by atoms with E-state index >= 15 is 0 Å². The number of nitrogens with one attached hydrogen (secondary N) is 1. The van der Waals surface area contributed by atoms with Crippen LogP contribution in [0.2, 0.25) is 5.02 Å². The van der Waals surface area contributed by atoms with E-state index in [1.807, 2.05) is 25.1 Å². The van der Waals surface area contributed by atoms with E-state index in [1.165, 1.54) is 42.7 Å². The molecule has 2 heterocycles. The van der Waals surface area contributed by atoms with Crippen molar-refractivity contribution in [3.63, 3.8) is 0 Å². The number of aryl methyl sites for hydroxylation is 1. The maximum atomic E-state index is 12.3. The SMILES string of the molecule is Cc1ccc(Cl)cc1NC(=O)Cn1nnc(-c2ccc(CN3CCCCC3)cc2)n1. The molecule has 1 saturated heterocycles. The van der Waals surface area contributed by atoms with Crippen LogP contribution in [-0.4, -0.2) is 44.1 Å². The second-order valence-electron chi connectivity index (χ2n) is 7.68. The maximum absolute atomic E-state index is 12.3. The molecule has 0 unspecified atom stereocenters. The normalized spacial score (nSPS) is 14.6. The first-order valence-electron chi connectivity index (χ1n) is 10.2. The molecule has 3 aromatic rings. The summed E-state index contributed by atoms with van der Waals surface area (Å²) in [4.78, 5) is 16.1. The minimum Gasteiger partial charge on any atom is -0.324 e. The van der Waals surface area contributed by atoms with Gasteiger partial charge in [0.2, 0.25) is 11.7 Å². The summed E-state index contributed by atoms with van der Waals surface area (Å²) >= 11 is 6.00. The third-order valence-corrected chi connectivity index (χ3v) is 5.51. The molecule has 4 rings (SSSR count). The van der Waals surface area contributed by atoms with E-state index in [0.717, 1.165) is 17.7 Å². The number of aromatic nitrogens is 4. The lowest BCUT2D eigenvalue weighted by atomic mass is 10.1. The Balaban J connectivity index is 1.36. The van der Waals surface area contributed by atoms with Crippen LogP contribution in [0.15, 0.2) is 42.5 Å². The van der Waals surface area contributed by atoms with Crippen molar-refractivity contribution >= 4 is 23.2 Å². The molecule has 1 fully saturated rings. The fourth-order valence-corrected chi connectivity index (χ4v) is 3.78. The average Bonchev–Trinajstić information content (AvgIpc) is 3.20. The molecule has 7 nitrogen and oxygen atoms in total. The van der Waals surface area contributed by atoms with Crippen LogP contribution < -0.4 is 5.32 Å². The number of carbonyl (C=O) groups excluding carboxylic acids is 1. The van der Waals surface area contributed by atoms with E-state index < -0.39 is 0 Å². The minimum atomic E-state index is -0.235. The van der Waals surface area contributed by atoms with Crippen LogP contribution >= 0.6 is 11.6 Å². The van der Waals surface area contributed by atoms with E-state index in [1.54, 1.807) is 12.1 Å². The van der Waals surface area contributed by atoms with Gasteiger partial charge in [-0.15, -0.1) is 10.2 Å². The lowest BCUT2D eigenvalue weighted by molar-refractivity contribution is -0.117. The van der Waals surface area contributed by atoms with Crippen molar-refractivity contribution in [2.24, 2.45) is 0 Å². The monoisotopic (exact) mass is 424 g/mol. The molecule has 1 N–H and O–H groups in total. The van der Waals surface area contributed by atoms with Crippen molar-refractivity contribution in [3.8, 4) is 11.4 Å². The first-order valence-corrected chi connectivity index (χ1v) is 10.6. The van der Waals surface area contributed by atoms with Gasteiger partial charge >= 0.3 is 0 Å². The molecule has 0 atom stereocenters. The Labute approximate surface area is 181 Å². The molecule has 2 aromatic carbocycles. The van der Waals surface area contributed by atoms with Gasteiger partial charge in [0.25, 0.3) is 0 Å². The van der Waals surface area contributed by atoms with E-state index in [2.05, 4.69) is 37.8 Å². The van der Waals surface area contributed by atoms with Crippen molar-refractivity contribution < 1.29 is 4.79 Å². The number of likely N-dealkylation sites (tertiary alicyclic amines) is 1. The van der Waals surface area contributed by atoms with Crippen LogP contribution in [-0.2, 0) is 17.9 Å². The zero-order valence-corrected chi connectivity index (χ0v) is 17.8. The Morgan fingerprint density at radius 3 is 2.63 bits per heavy atom. The van der Waals surface area contributed by atoms with Gasteiger partial charge in [0.05, 0.1) is 0 Å². The van der Waals surface area contributed by atoms with Crippen molar-refractivity contribution in [3.05, 3.63) is 58.6 Å². The molecule has 30 heavy (non-hydrogen) atoms. The van der Waals surface area contributed by atoms with Crippen LogP contribution in [0, 0.1) is 6.92 Å². The molecular weight excluding hydrogens is 400 g/mol. The van der Waals surface area contributed by atoms with E-state index in [9.17, 15) is 4.79 Å². The van der Waals surface area contributed by atoms with Crippen molar-refractivity contribution in [1.82, 2.24) is 25.1 Å². The van der Waals surface area contributed by atoms with E-state index in [4.69, 9.17) is 11.6 Å². The molecule has 8 heteroatoms. The van der Waals surface area contributed by atoms with Crippen LogP contribution in [0.3, 0.4) is 0 Å². The number of rotatable bonds is 6. The lowest BCUT2D eigenvalue weighted by Crippen LogP contribution is -2.28. The number of hydrogen-bond acceptors (Lipinski definition) is 5. The summed E-state index contributed by atoms with van der Waals surface area (Å²) in [5.41, 5.74) is 3.78. The fraction of sp³-hybridized carbons (Fsp3) is 0.364. The lowest BCUT2D eigenvalue weighted by Gasteiger charge is -2.26. The quantitative estimate of drug-likeness (QED) is 0.648. The smallest absolute Gasteiger partial charge is 0.248 e. The summed E-state index contributed by atoms with van der Waals surface area (Å²) in [7, 11) is 0. The topological polar surface area (TPSA) is 75.9 Å². The fourth-order valence-electron chi connectivity index (χ4n) is 3.61. The minimum absolute atomic E-state index is 0.0218. The van der Waals surface area contributed by atoms with Gasteiger partial charge in [0, 0.05) is 22.8 Å². The van der Waals surface area contributed by atoms with Crippen molar-refractivity contribution in [2.75, 3.05) is 18.4 Å². The summed E-state index contributed by atoms with van der Waals surface area (Å²) in [6, 6.07) is 13.6. The van der Waals surface area contributed by atoms with Gasteiger partial charge in [0.15, 0.2) is 0 Å². The van der Waals surface area contributed by atoms with Gasteiger partial charge in [-0.05, 0) is 61.3 Å². The molecule has 0 aliphatic carbocycles. The number of amides is 1. The largest absolute Gasteiger partial charge is 0.324 e. The van der Waals surface area contributed by atoms with Gasteiger partial charge in [-0.1, -0.05) is 48.4 Å². The van der Waals surface area contributed by atoms with Crippen LogP contribution in [0.5, 0.6) is 0 Å². The standard InChI is InChI=1S/C22H25ClN6O/c1-16-5-10-19(23)13-20(16)24-21(30)15-29-26-22(25-27-29)18-8-6-17(7-9-18)14-28-11-3-2-4-12-28/h5-10,13H,2-4,11-12,14-15H2,1H3,(H,24,30). The van der Waals surface area contributed by atoms with Crippen molar-refractivity contribution in [2.45, 2.75) is 39.3 Å². The van der Waals surface area contributed by atoms with Crippen LogP contribution in [0.25, 0.3) is 11.4 Å². The molecule has 0 saturated carbocycles. The number of hydrogen-bond donors (Lipinski definition) is 1. The zero-order valence-electron chi connectivity index (χ0n) is 17.0. The Kier molecular flexibility index (Phi) is 6.40. The van der Waals surface area contributed by atoms with Gasteiger partial charge in [-0.3, -0.25) is 9.69 Å². The molecule has 1 aliphatic rings. The zero-order chi connectivity index (χ0) is 20.9. The van der Waals surface area contributed by atoms with Gasteiger partial charge in [-0.25, -0.2) is 0 Å². The highest BCUT2D eigenvalue weighted by Crippen LogP contribution is 2.20. The predicted octanol–water partition coefficient (Wildman–Crippen LogP) is 3.93. The Bertz CT molecular complexity index is 1010. The van der Waals surface area contributed by atoms with Crippen molar-refractivity contribution in [1.29, 1.82) is 0 Å². The molecule has 156 valence electrons. The second-order valence-corrected chi connectivity index (χ2v) is 8.12. The number of piperidine rings is 1. The maximum Gasteiger partial charge on any atom is 0.248 e. The molecule has 1 aliphatic heterocycles. The third kappa shape index (κ3) is 5.23. The number of carbonyl (C=O) groups is 1. The van der Waals surface area contributed by atoms with E-state index in [-0.39, 0.29) is 12.5 Å². The number of anilines is 1. The van der Waals surface area contributed by atoms with Gasteiger partial charge in [0.1, 0.15) is 6.54 Å². The molecular formula is C22H25ClN6O.